The molecule has 1 unspecified atom stereocenters. The number of benzene rings is 2. The topological polar surface area (TPSA) is 103 Å². The highest BCUT2D eigenvalue weighted by Gasteiger charge is 2.22. The summed E-state index contributed by atoms with van der Waals surface area (Å²) in [6.07, 6.45) is -0.335. The van der Waals surface area contributed by atoms with E-state index in [9.17, 15) is 14.4 Å². The molecule has 0 saturated heterocycles. The highest BCUT2D eigenvalue weighted by Crippen LogP contribution is 2.30. The monoisotopic (exact) mass is 426 g/mol. The lowest BCUT2D eigenvalue weighted by Crippen LogP contribution is -2.42. The Kier molecular flexibility index (Phi) is 6.79. The summed E-state index contributed by atoms with van der Waals surface area (Å²) in [4.78, 5) is 36.4. The number of fused-ring (bicyclic) bond motifs is 1. The molecule has 2 N–H and O–H groups in total. The molecule has 0 saturated carbocycles. The molecule has 1 aliphatic heterocycles. The van der Waals surface area contributed by atoms with E-state index in [2.05, 4.69) is 10.6 Å². The molecule has 0 radical (unpaired) electrons. The number of ether oxygens (including phenoxy) is 3. The Morgan fingerprint density at radius 2 is 1.81 bits per heavy atom. The second-order valence-corrected chi connectivity index (χ2v) is 8.16. The van der Waals surface area contributed by atoms with Crippen LogP contribution in [0.25, 0.3) is 0 Å². The van der Waals surface area contributed by atoms with Crippen molar-refractivity contribution >= 4 is 23.5 Å². The predicted molar refractivity (Wildman–Crippen MR) is 114 cm³/mol. The van der Waals surface area contributed by atoms with Crippen molar-refractivity contribution in [3.05, 3.63) is 54.1 Å². The van der Waals surface area contributed by atoms with Crippen LogP contribution in [0.2, 0.25) is 0 Å². The number of rotatable bonds is 6. The molecular formula is C23H26N2O6. The van der Waals surface area contributed by atoms with E-state index in [1.807, 2.05) is 18.2 Å². The molecule has 0 fully saturated rings. The summed E-state index contributed by atoms with van der Waals surface area (Å²) in [7, 11) is 0. The molecule has 0 spiro atoms. The number of para-hydroxylation sites is 2. The van der Waals surface area contributed by atoms with Gasteiger partial charge in [-0.2, -0.15) is 0 Å². The second-order valence-electron chi connectivity index (χ2n) is 8.16. The number of amides is 2. The molecule has 2 amide bonds. The van der Waals surface area contributed by atoms with E-state index >= 15 is 0 Å². The molecule has 164 valence electrons. The van der Waals surface area contributed by atoms with Crippen LogP contribution in [0.3, 0.4) is 0 Å². The zero-order valence-corrected chi connectivity index (χ0v) is 17.8. The number of hydrogen-bond acceptors (Lipinski definition) is 6. The predicted octanol–water partition coefficient (Wildman–Crippen LogP) is 2.78. The van der Waals surface area contributed by atoms with Crippen molar-refractivity contribution in [3.63, 3.8) is 0 Å². The Bertz CT molecular complexity index is 967. The maximum Gasteiger partial charge on any atom is 0.338 e. The van der Waals surface area contributed by atoms with Crippen LogP contribution >= 0.6 is 0 Å². The molecule has 0 bridgehead atoms. The van der Waals surface area contributed by atoms with Crippen molar-refractivity contribution in [2.24, 2.45) is 5.41 Å². The van der Waals surface area contributed by atoms with Crippen molar-refractivity contribution in [2.75, 3.05) is 25.1 Å². The third kappa shape index (κ3) is 6.21. The lowest BCUT2D eigenvalue weighted by molar-refractivity contribution is -0.124. The third-order valence-electron chi connectivity index (χ3n) is 4.47. The second kappa shape index (κ2) is 9.51. The fourth-order valence-corrected chi connectivity index (χ4v) is 2.70. The largest absolute Gasteiger partial charge is 0.486 e. The van der Waals surface area contributed by atoms with Gasteiger partial charge < -0.3 is 24.8 Å². The van der Waals surface area contributed by atoms with Crippen LogP contribution in [0.1, 0.15) is 31.1 Å². The van der Waals surface area contributed by atoms with E-state index in [0.717, 1.165) is 0 Å². The third-order valence-corrected chi connectivity index (χ3v) is 4.47. The molecule has 1 atom stereocenters. The molecule has 1 heterocycles. The van der Waals surface area contributed by atoms with Crippen molar-refractivity contribution < 1.29 is 28.6 Å². The molecule has 2 aromatic carbocycles. The minimum atomic E-state index is -0.659. The van der Waals surface area contributed by atoms with E-state index in [1.165, 1.54) is 6.07 Å². The van der Waals surface area contributed by atoms with E-state index in [4.69, 9.17) is 14.2 Å². The lowest BCUT2D eigenvalue weighted by atomic mass is 9.95. The summed E-state index contributed by atoms with van der Waals surface area (Å²) in [5.41, 5.74) is 0.151. The first kappa shape index (κ1) is 22.1. The van der Waals surface area contributed by atoms with Gasteiger partial charge in [0.2, 0.25) is 5.91 Å². The fourth-order valence-electron chi connectivity index (χ4n) is 2.70. The van der Waals surface area contributed by atoms with Crippen molar-refractivity contribution in [1.29, 1.82) is 0 Å². The van der Waals surface area contributed by atoms with Gasteiger partial charge in [0.05, 0.1) is 12.1 Å². The van der Waals surface area contributed by atoms with Gasteiger partial charge in [0.1, 0.15) is 12.7 Å². The minimum Gasteiger partial charge on any atom is -0.486 e. The SMILES string of the molecule is CC(C)(C)C(=O)Nc1cccc(C(=O)OCC(=O)NCC2COc3ccccc3O2)c1. The van der Waals surface area contributed by atoms with Gasteiger partial charge in [-0.25, -0.2) is 4.79 Å². The smallest absolute Gasteiger partial charge is 0.338 e. The van der Waals surface area contributed by atoms with Gasteiger partial charge in [0.25, 0.3) is 5.91 Å². The molecule has 2 aromatic rings. The highest BCUT2D eigenvalue weighted by atomic mass is 16.6. The number of carbonyl (C=O) groups is 3. The Morgan fingerprint density at radius 1 is 1.06 bits per heavy atom. The van der Waals surface area contributed by atoms with Gasteiger partial charge >= 0.3 is 5.97 Å². The molecular weight excluding hydrogens is 400 g/mol. The summed E-state index contributed by atoms with van der Waals surface area (Å²) < 4.78 is 16.4. The van der Waals surface area contributed by atoms with E-state index in [0.29, 0.717) is 23.8 Å². The van der Waals surface area contributed by atoms with Crippen molar-refractivity contribution in [2.45, 2.75) is 26.9 Å². The molecule has 0 aromatic heterocycles. The zero-order valence-electron chi connectivity index (χ0n) is 17.8. The molecule has 31 heavy (non-hydrogen) atoms. The van der Waals surface area contributed by atoms with Crippen LogP contribution in [-0.4, -0.2) is 43.6 Å². The first-order chi connectivity index (χ1) is 14.7. The average Bonchev–Trinajstić information content (AvgIpc) is 2.75. The van der Waals surface area contributed by atoms with Crippen LogP contribution in [0, 0.1) is 5.41 Å². The maximum atomic E-state index is 12.3. The Morgan fingerprint density at radius 3 is 2.55 bits per heavy atom. The van der Waals surface area contributed by atoms with Gasteiger partial charge in [-0.1, -0.05) is 39.0 Å². The first-order valence-corrected chi connectivity index (χ1v) is 9.96. The lowest BCUT2D eigenvalue weighted by Gasteiger charge is -2.26. The quantitative estimate of drug-likeness (QED) is 0.689. The van der Waals surface area contributed by atoms with Crippen molar-refractivity contribution in [1.82, 2.24) is 5.32 Å². The van der Waals surface area contributed by atoms with Crippen LogP contribution in [0.15, 0.2) is 48.5 Å². The molecule has 3 rings (SSSR count). The van der Waals surface area contributed by atoms with Gasteiger partial charge in [0.15, 0.2) is 18.1 Å². The van der Waals surface area contributed by atoms with Gasteiger partial charge in [0, 0.05) is 11.1 Å². The Balaban J connectivity index is 1.45. The standard InChI is InChI=1S/C23H26N2O6/c1-23(2,3)22(28)25-16-8-6-7-15(11-16)21(27)30-14-20(26)24-12-17-13-29-18-9-4-5-10-19(18)31-17/h4-11,17H,12-14H2,1-3H3,(H,24,26)(H,25,28). The minimum absolute atomic E-state index is 0.172. The number of carbonyl (C=O) groups excluding carboxylic acids is 3. The average molecular weight is 426 g/mol. The Hall–Kier alpha value is -3.55. The van der Waals surface area contributed by atoms with Gasteiger partial charge in [-0.05, 0) is 30.3 Å². The summed E-state index contributed by atoms with van der Waals surface area (Å²) >= 11 is 0. The van der Waals surface area contributed by atoms with Crippen LogP contribution in [0.5, 0.6) is 11.5 Å². The zero-order chi connectivity index (χ0) is 22.4. The Labute approximate surface area is 180 Å². The summed E-state index contributed by atoms with van der Waals surface area (Å²) in [6, 6.07) is 13.7. The molecule has 8 heteroatoms. The fraction of sp³-hybridized carbons (Fsp3) is 0.348. The van der Waals surface area contributed by atoms with E-state index in [1.54, 1.807) is 45.0 Å². The van der Waals surface area contributed by atoms with E-state index in [-0.39, 0.29) is 24.1 Å². The van der Waals surface area contributed by atoms with Gasteiger partial charge in [-0.15, -0.1) is 0 Å². The first-order valence-electron chi connectivity index (χ1n) is 9.96. The number of esters is 1. The van der Waals surface area contributed by atoms with Crippen molar-refractivity contribution in [3.8, 4) is 11.5 Å². The summed E-state index contributed by atoms with van der Waals surface area (Å²) in [5, 5.41) is 5.42. The number of anilines is 1. The molecule has 8 nitrogen and oxygen atoms in total. The van der Waals surface area contributed by atoms with Crippen LogP contribution in [0.4, 0.5) is 5.69 Å². The van der Waals surface area contributed by atoms with E-state index < -0.39 is 23.9 Å². The number of hydrogen-bond donors (Lipinski definition) is 2. The van der Waals surface area contributed by atoms with Crippen LogP contribution < -0.4 is 20.1 Å². The maximum absolute atomic E-state index is 12.3. The molecule has 0 aliphatic carbocycles. The normalized spacial score (nSPS) is 15.0. The van der Waals surface area contributed by atoms with Gasteiger partial charge in [-0.3, -0.25) is 9.59 Å². The summed E-state index contributed by atoms with van der Waals surface area (Å²) in [6.45, 7) is 5.48. The molecule has 1 aliphatic rings. The summed E-state index contributed by atoms with van der Waals surface area (Å²) in [5.74, 6) is 0.00731. The number of nitrogens with one attached hydrogen (secondary N) is 2. The highest BCUT2D eigenvalue weighted by molar-refractivity contribution is 5.97. The van der Waals surface area contributed by atoms with Crippen LogP contribution in [-0.2, 0) is 14.3 Å².